The van der Waals surface area contributed by atoms with Gasteiger partial charge >= 0.3 is 0 Å². The number of para-hydroxylation sites is 3. The smallest absolute Gasteiger partial charge is 0.0991 e. The van der Waals surface area contributed by atoms with Crippen molar-refractivity contribution >= 4 is 22.7 Å². The van der Waals surface area contributed by atoms with Crippen LogP contribution in [0.3, 0.4) is 0 Å². The molecule has 0 aliphatic rings. The van der Waals surface area contributed by atoms with E-state index in [1.807, 2.05) is 16.8 Å². The van der Waals surface area contributed by atoms with Crippen molar-refractivity contribution in [2.75, 3.05) is 10.6 Å². The second-order valence-electron chi connectivity index (χ2n) is 8.78. The molecule has 0 spiro atoms. The first-order chi connectivity index (χ1) is 18.3. The Morgan fingerprint density at radius 2 is 1.14 bits per heavy atom. The molecule has 0 atom stereocenters. The van der Waals surface area contributed by atoms with Gasteiger partial charge in [-0.1, -0.05) is 97.1 Å². The molecule has 178 valence electrons. The van der Waals surface area contributed by atoms with Crippen molar-refractivity contribution in [3.63, 3.8) is 0 Å². The molecule has 37 heavy (non-hydrogen) atoms. The SMILES string of the molecule is c1ccc(-c2cccc(-c3ccccc3)c2Nc2ccccc2Nc2cccc(-n3ccnc3)c2)cc1. The fourth-order valence-electron chi connectivity index (χ4n) is 4.55. The maximum absolute atomic E-state index is 4.17. The molecule has 4 nitrogen and oxygen atoms in total. The normalized spacial score (nSPS) is 10.7. The quantitative estimate of drug-likeness (QED) is 0.241. The Kier molecular flexibility index (Phi) is 6.21. The van der Waals surface area contributed by atoms with Gasteiger partial charge in [0.05, 0.1) is 23.4 Å². The van der Waals surface area contributed by atoms with Gasteiger partial charge < -0.3 is 15.2 Å². The Morgan fingerprint density at radius 1 is 0.541 bits per heavy atom. The number of nitrogens with one attached hydrogen (secondary N) is 2. The van der Waals surface area contributed by atoms with Crippen LogP contribution in [0.4, 0.5) is 22.7 Å². The molecule has 2 N–H and O–H groups in total. The first kappa shape index (κ1) is 22.4. The van der Waals surface area contributed by atoms with Crippen molar-refractivity contribution in [1.29, 1.82) is 0 Å². The molecular weight excluding hydrogens is 452 g/mol. The van der Waals surface area contributed by atoms with E-state index in [1.165, 1.54) is 11.1 Å². The lowest BCUT2D eigenvalue weighted by molar-refractivity contribution is 1.06. The molecule has 0 unspecified atom stereocenters. The third kappa shape index (κ3) is 4.86. The van der Waals surface area contributed by atoms with Crippen molar-refractivity contribution < 1.29 is 0 Å². The molecule has 0 bridgehead atoms. The van der Waals surface area contributed by atoms with Crippen molar-refractivity contribution in [1.82, 2.24) is 9.55 Å². The standard InChI is InChI=1S/C33H26N4/c1-3-11-25(12-4-1)29-17-10-18-30(26-13-5-2-6-14-26)33(29)36-32-20-8-7-19-31(32)35-27-15-9-16-28(23-27)37-22-21-34-24-37/h1-24,35-36H. The zero-order chi connectivity index (χ0) is 24.9. The summed E-state index contributed by atoms with van der Waals surface area (Å²) in [5, 5.41) is 7.41. The summed E-state index contributed by atoms with van der Waals surface area (Å²) in [7, 11) is 0. The van der Waals surface area contributed by atoms with E-state index < -0.39 is 0 Å². The minimum absolute atomic E-state index is 0.993. The van der Waals surface area contributed by atoms with Crippen molar-refractivity contribution in [3.8, 4) is 27.9 Å². The molecule has 1 aromatic heterocycles. The summed E-state index contributed by atoms with van der Waals surface area (Å²) in [6, 6.07) is 44.1. The molecule has 6 aromatic rings. The van der Waals surface area contributed by atoms with Crippen LogP contribution in [-0.4, -0.2) is 9.55 Å². The lowest BCUT2D eigenvalue weighted by Gasteiger charge is -2.20. The van der Waals surface area contributed by atoms with Gasteiger partial charge in [0, 0.05) is 34.9 Å². The van der Waals surface area contributed by atoms with Crippen molar-refractivity contribution in [3.05, 3.63) is 146 Å². The van der Waals surface area contributed by atoms with Gasteiger partial charge in [0.1, 0.15) is 0 Å². The number of aromatic nitrogens is 2. The van der Waals surface area contributed by atoms with E-state index in [1.54, 1.807) is 12.5 Å². The summed E-state index contributed by atoms with van der Waals surface area (Å²) in [5.74, 6) is 0. The monoisotopic (exact) mass is 478 g/mol. The van der Waals surface area contributed by atoms with E-state index in [2.05, 4.69) is 137 Å². The number of anilines is 4. The highest BCUT2D eigenvalue weighted by molar-refractivity contribution is 5.94. The number of hydrogen-bond acceptors (Lipinski definition) is 3. The van der Waals surface area contributed by atoms with E-state index in [0.29, 0.717) is 0 Å². The lowest BCUT2D eigenvalue weighted by atomic mass is 9.95. The number of rotatable bonds is 7. The van der Waals surface area contributed by atoms with Gasteiger partial charge in [-0.05, 0) is 41.5 Å². The van der Waals surface area contributed by atoms with Crippen LogP contribution in [0, 0.1) is 0 Å². The maximum Gasteiger partial charge on any atom is 0.0991 e. The fourth-order valence-corrected chi connectivity index (χ4v) is 4.55. The highest BCUT2D eigenvalue weighted by Gasteiger charge is 2.14. The predicted molar refractivity (Wildman–Crippen MR) is 154 cm³/mol. The third-order valence-corrected chi connectivity index (χ3v) is 6.35. The van der Waals surface area contributed by atoms with Crippen LogP contribution in [0.2, 0.25) is 0 Å². The average Bonchev–Trinajstić information content (AvgIpc) is 3.51. The van der Waals surface area contributed by atoms with E-state index in [4.69, 9.17) is 0 Å². The molecule has 0 aliphatic heterocycles. The zero-order valence-corrected chi connectivity index (χ0v) is 20.3. The predicted octanol–water partition coefficient (Wildman–Crippen LogP) is 8.69. The van der Waals surface area contributed by atoms with Gasteiger partial charge in [0.2, 0.25) is 0 Å². The molecule has 1 heterocycles. The Morgan fingerprint density at radius 3 is 1.76 bits per heavy atom. The van der Waals surface area contributed by atoms with Gasteiger partial charge in [0.25, 0.3) is 0 Å². The molecule has 0 radical (unpaired) electrons. The third-order valence-electron chi connectivity index (χ3n) is 6.35. The Bertz CT molecular complexity index is 1550. The second kappa shape index (κ2) is 10.3. The number of benzene rings is 5. The summed E-state index contributed by atoms with van der Waals surface area (Å²) in [6.45, 7) is 0. The topological polar surface area (TPSA) is 41.9 Å². The van der Waals surface area contributed by atoms with Gasteiger partial charge in [-0.25, -0.2) is 4.98 Å². The molecule has 6 rings (SSSR count). The summed E-state index contributed by atoms with van der Waals surface area (Å²) < 4.78 is 2.00. The summed E-state index contributed by atoms with van der Waals surface area (Å²) >= 11 is 0. The minimum atomic E-state index is 0.993. The Hall–Kier alpha value is -5.09. The van der Waals surface area contributed by atoms with E-state index in [-0.39, 0.29) is 0 Å². The van der Waals surface area contributed by atoms with Crippen LogP contribution in [-0.2, 0) is 0 Å². The molecule has 0 fully saturated rings. The van der Waals surface area contributed by atoms with Gasteiger partial charge in [0.15, 0.2) is 0 Å². The van der Waals surface area contributed by atoms with Gasteiger partial charge in [-0.3, -0.25) is 0 Å². The van der Waals surface area contributed by atoms with Gasteiger partial charge in [-0.2, -0.15) is 0 Å². The van der Waals surface area contributed by atoms with Crippen molar-refractivity contribution in [2.24, 2.45) is 0 Å². The average molecular weight is 479 g/mol. The maximum atomic E-state index is 4.17. The largest absolute Gasteiger partial charge is 0.354 e. The van der Waals surface area contributed by atoms with Crippen LogP contribution in [0.15, 0.2) is 146 Å². The first-order valence-electron chi connectivity index (χ1n) is 12.3. The van der Waals surface area contributed by atoms with E-state index in [0.717, 1.165) is 39.6 Å². The van der Waals surface area contributed by atoms with Gasteiger partial charge in [-0.15, -0.1) is 0 Å². The summed E-state index contributed by atoms with van der Waals surface area (Å²) in [5.41, 5.74) is 9.75. The summed E-state index contributed by atoms with van der Waals surface area (Å²) in [6.07, 6.45) is 5.54. The van der Waals surface area contributed by atoms with Crippen LogP contribution < -0.4 is 10.6 Å². The number of hydrogen-bond donors (Lipinski definition) is 2. The van der Waals surface area contributed by atoms with Crippen LogP contribution in [0.5, 0.6) is 0 Å². The molecule has 0 saturated heterocycles. The van der Waals surface area contributed by atoms with E-state index >= 15 is 0 Å². The molecular formula is C33H26N4. The lowest BCUT2D eigenvalue weighted by Crippen LogP contribution is -2.01. The molecule has 5 aromatic carbocycles. The molecule has 0 aliphatic carbocycles. The van der Waals surface area contributed by atoms with Crippen LogP contribution in [0.25, 0.3) is 27.9 Å². The first-order valence-corrected chi connectivity index (χ1v) is 12.3. The second-order valence-corrected chi connectivity index (χ2v) is 8.78. The number of imidazole rings is 1. The van der Waals surface area contributed by atoms with Crippen molar-refractivity contribution in [2.45, 2.75) is 0 Å². The minimum Gasteiger partial charge on any atom is -0.354 e. The van der Waals surface area contributed by atoms with Crippen LogP contribution >= 0.6 is 0 Å². The van der Waals surface area contributed by atoms with E-state index in [9.17, 15) is 0 Å². The number of nitrogens with zero attached hydrogens (tertiary/aromatic N) is 2. The fraction of sp³-hybridized carbons (Fsp3) is 0. The molecule has 4 heteroatoms. The Balaban J connectivity index is 1.41. The highest BCUT2D eigenvalue weighted by atomic mass is 15.0. The highest BCUT2D eigenvalue weighted by Crippen LogP contribution is 2.40. The van der Waals surface area contributed by atoms with Crippen LogP contribution in [0.1, 0.15) is 0 Å². The molecule has 0 amide bonds. The molecule has 0 saturated carbocycles. The zero-order valence-electron chi connectivity index (χ0n) is 20.3. The Labute approximate surface area is 216 Å². The summed E-state index contributed by atoms with van der Waals surface area (Å²) in [4.78, 5) is 4.17.